The molecule has 0 amide bonds. The van der Waals surface area contributed by atoms with Gasteiger partial charge in [-0.15, -0.1) is 24.8 Å². The SMILES string of the molecule is CNCC(CCCNCCCc1ccc(OC)c(OC)c1)(c1cc(OC)c(OC)c(OC)c1)C(C)C.Cl.Cl. The zero-order valence-electron chi connectivity index (χ0n) is 24.3. The van der Waals surface area contributed by atoms with Crippen molar-refractivity contribution in [2.45, 2.75) is 44.9 Å². The first-order valence-corrected chi connectivity index (χ1v) is 12.8. The summed E-state index contributed by atoms with van der Waals surface area (Å²) in [6.07, 6.45) is 4.16. The van der Waals surface area contributed by atoms with E-state index in [0.717, 1.165) is 56.8 Å². The van der Waals surface area contributed by atoms with Crippen molar-refractivity contribution in [2.24, 2.45) is 5.92 Å². The lowest BCUT2D eigenvalue weighted by atomic mass is 9.68. The minimum Gasteiger partial charge on any atom is -0.493 e. The Hall–Kier alpha value is -2.06. The van der Waals surface area contributed by atoms with Crippen LogP contribution in [-0.2, 0) is 11.8 Å². The van der Waals surface area contributed by atoms with Gasteiger partial charge in [-0.05, 0) is 87.1 Å². The molecule has 1 unspecified atom stereocenters. The molecule has 0 saturated heterocycles. The van der Waals surface area contributed by atoms with Gasteiger partial charge < -0.3 is 34.3 Å². The Bertz CT molecular complexity index is 920. The number of halogens is 2. The maximum atomic E-state index is 5.65. The van der Waals surface area contributed by atoms with Gasteiger partial charge in [-0.2, -0.15) is 0 Å². The van der Waals surface area contributed by atoms with E-state index >= 15 is 0 Å². The van der Waals surface area contributed by atoms with Gasteiger partial charge in [0.2, 0.25) is 5.75 Å². The molecule has 2 aromatic carbocycles. The van der Waals surface area contributed by atoms with E-state index in [4.69, 9.17) is 23.7 Å². The first-order valence-electron chi connectivity index (χ1n) is 12.8. The lowest BCUT2D eigenvalue weighted by molar-refractivity contribution is 0.264. The maximum absolute atomic E-state index is 5.65. The second-order valence-corrected chi connectivity index (χ2v) is 9.40. The van der Waals surface area contributed by atoms with Crippen LogP contribution < -0.4 is 34.3 Å². The number of likely N-dealkylation sites (N-methyl/N-ethyl adjacent to an activating group) is 1. The Labute approximate surface area is 242 Å². The number of rotatable bonds is 17. The number of methoxy groups -OCH3 is 5. The van der Waals surface area contributed by atoms with Crippen LogP contribution >= 0.6 is 24.8 Å². The minimum atomic E-state index is -0.0666. The van der Waals surface area contributed by atoms with Gasteiger partial charge in [0.05, 0.1) is 35.5 Å². The lowest BCUT2D eigenvalue weighted by Crippen LogP contribution is -2.42. The Morgan fingerprint density at radius 1 is 0.737 bits per heavy atom. The monoisotopic (exact) mass is 574 g/mol. The van der Waals surface area contributed by atoms with Crippen LogP contribution in [0.1, 0.15) is 44.2 Å². The van der Waals surface area contributed by atoms with E-state index in [0.29, 0.717) is 23.2 Å². The molecule has 38 heavy (non-hydrogen) atoms. The van der Waals surface area contributed by atoms with Gasteiger partial charge >= 0.3 is 0 Å². The van der Waals surface area contributed by atoms with E-state index in [1.165, 1.54) is 11.1 Å². The summed E-state index contributed by atoms with van der Waals surface area (Å²) < 4.78 is 27.6. The van der Waals surface area contributed by atoms with Crippen LogP contribution in [0.25, 0.3) is 0 Å². The van der Waals surface area contributed by atoms with Crippen LogP contribution in [0.2, 0.25) is 0 Å². The van der Waals surface area contributed by atoms with Crippen LogP contribution in [0.15, 0.2) is 30.3 Å². The Kier molecular flexibility index (Phi) is 17.3. The number of ether oxygens (including phenoxy) is 5. The Balaban J connectivity index is 0.00000684. The van der Waals surface area contributed by atoms with Crippen LogP contribution in [0.3, 0.4) is 0 Å². The third kappa shape index (κ3) is 9.01. The zero-order valence-corrected chi connectivity index (χ0v) is 25.9. The molecule has 2 N–H and O–H groups in total. The highest BCUT2D eigenvalue weighted by molar-refractivity contribution is 5.85. The predicted octanol–water partition coefficient (Wildman–Crippen LogP) is 5.69. The van der Waals surface area contributed by atoms with E-state index in [2.05, 4.69) is 48.7 Å². The third-order valence-corrected chi connectivity index (χ3v) is 7.08. The van der Waals surface area contributed by atoms with Crippen LogP contribution in [0.4, 0.5) is 0 Å². The van der Waals surface area contributed by atoms with Gasteiger partial charge in [0, 0.05) is 12.0 Å². The summed E-state index contributed by atoms with van der Waals surface area (Å²) in [6, 6.07) is 10.3. The molecule has 218 valence electrons. The summed E-state index contributed by atoms with van der Waals surface area (Å²) in [5, 5.41) is 7.07. The van der Waals surface area contributed by atoms with Crippen molar-refractivity contribution < 1.29 is 23.7 Å². The van der Waals surface area contributed by atoms with Gasteiger partial charge in [-0.25, -0.2) is 0 Å². The average molecular weight is 576 g/mol. The van der Waals surface area contributed by atoms with Gasteiger partial charge in [-0.1, -0.05) is 19.9 Å². The Morgan fingerprint density at radius 3 is 1.82 bits per heavy atom. The standard InChI is InChI=1S/C29H46N2O5.2ClH/c1-21(2)29(20-30-3,23-18-26(34-6)28(36-8)27(19-23)35-7)14-10-16-31-15-9-11-22-12-13-24(32-4)25(17-22)33-5;;/h12-13,17-19,21,30-31H,9-11,14-16,20H2,1-8H3;2*1H. The van der Waals surface area contributed by atoms with Gasteiger partial charge in [-0.3, -0.25) is 0 Å². The molecule has 0 saturated carbocycles. The Morgan fingerprint density at radius 2 is 1.32 bits per heavy atom. The normalized spacial score (nSPS) is 12.1. The van der Waals surface area contributed by atoms with Crippen molar-refractivity contribution in [2.75, 3.05) is 62.2 Å². The lowest BCUT2D eigenvalue weighted by Gasteiger charge is -2.39. The average Bonchev–Trinajstić information content (AvgIpc) is 2.90. The number of benzene rings is 2. The first kappa shape index (κ1) is 35.9. The topological polar surface area (TPSA) is 70.2 Å². The van der Waals surface area contributed by atoms with E-state index < -0.39 is 0 Å². The van der Waals surface area contributed by atoms with Crippen molar-refractivity contribution in [1.82, 2.24) is 10.6 Å². The molecular weight excluding hydrogens is 527 g/mol. The second-order valence-electron chi connectivity index (χ2n) is 9.40. The molecule has 7 nitrogen and oxygen atoms in total. The van der Waals surface area contributed by atoms with Crippen LogP contribution in [0.5, 0.6) is 28.7 Å². The van der Waals surface area contributed by atoms with Crippen molar-refractivity contribution in [3.05, 3.63) is 41.5 Å². The molecule has 0 aliphatic rings. The molecule has 9 heteroatoms. The zero-order chi connectivity index (χ0) is 26.6. The number of hydrogen-bond acceptors (Lipinski definition) is 7. The second kappa shape index (κ2) is 18.3. The van der Waals surface area contributed by atoms with Crippen LogP contribution in [-0.4, -0.2) is 62.2 Å². The fourth-order valence-corrected chi connectivity index (χ4v) is 4.95. The molecule has 0 radical (unpaired) electrons. The molecule has 0 bridgehead atoms. The van der Waals surface area contributed by atoms with E-state index in [1.807, 2.05) is 13.1 Å². The summed E-state index contributed by atoms with van der Waals surface area (Å²) >= 11 is 0. The van der Waals surface area contributed by atoms with E-state index in [1.54, 1.807) is 35.5 Å². The highest BCUT2D eigenvalue weighted by Gasteiger charge is 2.36. The number of aryl methyl sites for hydroxylation is 1. The third-order valence-electron chi connectivity index (χ3n) is 7.08. The molecule has 0 fully saturated rings. The summed E-state index contributed by atoms with van der Waals surface area (Å²) in [4.78, 5) is 0. The van der Waals surface area contributed by atoms with Gasteiger partial charge in [0.25, 0.3) is 0 Å². The minimum absolute atomic E-state index is 0. The molecule has 0 aliphatic heterocycles. The molecule has 1 atom stereocenters. The maximum Gasteiger partial charge on any atom is 0.203 e. The summed E-state index contributed by atoms with van der Waals surface area (Å²) in [6.45, 7) is 7.38. The van der Waals surface area contributed by atoms with Gasteiger partial charge in [0.15, 0.2) is 23.0 Å². The van der Waals surface area contributed by atoms with E-state index in [9.17, 15) is 0 Å². The smallest absolute Gasteiger partial charge is 0.203 e. The fourth-order valence-electron chi connectivity index (χ4n) is 4.95. The van der Waals surface area contributed by atoms with Crippen molar-refractivity contribution in [1.29, 1.82) is 0 Å². The summed E-state index contributed by atoms with van der Waals surface area (Å²) in [5.41, 5.74) is 2.39. The molecule has 0 aliphatic carbocycles. The van der Waals surface area contributed by atoms with Crippen LogP contribution in [0, 0.1) is 5.92 Å². The van der Waals surface area contributed by atoms with E-state index in [-0.39, 0.29) is 30.2 Å². The fraction of sp³-hybridized carbons (Fsp3) is 0.586. The molecule has 0 spiro atoms. The van der Waals surface area contributed by atoms with Crippen molar-refractivity contribution >= 4 is 24.8 Å². The largest absolute Gasteiger partial charge is 0.493 e. The number of hydrogen-bond donors (Lipinski definition) is 2. The highest BCUT2D eigenvalue weighted by atomic mass is 35.5. The summed E-state index contributed by atoms with van der Waals surface area (Å²) in [7, 11) is 10.3. The van der Waals surface area contributed by atoms with Gasteiger partial charge in [0.1, 0.15) is 0 Å². The molecular formula is C29H48Cl2N2O5. The quantitative estimate of drug-likeness (QED) is 0.235. The molecule has 0 aromatic heterocycles. The first-order chi connectivity index (χ1) is 17.4. The molecule has 0 heterocycles. The van der Waals surface area contributed by atoms with Crippen molar-refractivity contribution in [3.8, 4) is 28.7 Å². The highest BCUT2D eigenvalue weighted by Crippen LogP contribution is 2.45. The molecule has 2 aromatic rings. The van der Waals surface area contributed by atoms with Crippen molar-refractivity contribution in [3.63, 3.8) is 0 Å². The predicted molar refractivity (Wildman–Crippen MR) is 161 cm³/mol. The summed E-state index contributed by atoms with van der Waals surface area (Å²) in [5.74, 6) is 3.98. The number of nitrogens with one attached hydrogen (secondary N) is 2. The molecule has 2 rings (SSSR count).